The molecule has 0 fully saturated rings. The second-order valence-corrected chi connectivity index (χ2v) is 7.81. The van der Waals surface area contributed by atoms with Crippen molar-refractivity contribution in [1.82, 2.24) is 15.1 Å². The molecule has 0 spiro atoms. The van der Waals surface area contributed by atoms with Crippen molar-refractivity contribution < 1.29 is 4.79 Å². The number of hydrogen-bond acceptors (Lipinski definition) is 3. The molecule has 5 heteroatoms. The quantitative estimate of drug-likeness (QED) is 0.788. The maximum absolute atomic E-state index is 12.5. The van der Waals surface area contributed by atoms with E-state index in [9.17, 15) is 4.79 Å². The zero-order valence-electron chi connectivity index (χ0n) is 17.2. The van der Waals surface area contributed by atoms with Gasteiger partial charge in [-0.3, -0.25) is 9.48 Å². The number of hydrogen-bond donors (Lipinski definition) is 1. The lowest BCUT2D eigenvalue weighted by Crippen LogP contribution is -2.27. The van der Waals surface area contributed by atoms with E-state index in [2.05, 4.69) is 41.6 Å². The largest absolute Gasteiger partial charge is 0.350 e. The van der Waals surface area contributed by atoms with Gasteiger partial charge in [-0.2, -0.15) is 10.4 Å². The van der Waals surface area contributed by atoms with Gasteiger partial charge in [-0.15, -0.1) is 0 Å². The topological polar surface area (TPSA) is 70.7 Å². The molecule has 1 aromatic heterocycles. The van der Waals surface area contributed by atoms with E-state index in [1.807, 2.05) is 18.5 Å². The summed E-state index contributed by atoms with van der Waals surface area (Å²) in [6.45, 7) is 6.64. The third kappa shape index (κ3) is 4.62. The molecule has 5 nitrogen and oxygen atoms in total. The highest BCUT2D eigenvalue weighted by molar-refractivity contribution is 5.76. The fourth-order valence-electron chi connectivity index (χ4n) is 4.13. The van der Waals surface area contributed by atoms with Crippen molar-refractivity contribution >= 4 is 5.91 Å². The molecule has 0 aliphatic heterocycles. The van der Waals surface area contributed by atoms with Crippen LogP contribution in [0.3, 0.4) is 0 Å². The van der Waals surface area contributed by atoms with Crippen molar-refractivity contribution in [2.45, 2.75) is 78.3 Å². The Bertz CT molecular complexity index is 891. The molecule has 0 bridgehead atoms. The van der Waals surface area contributed by atoms with Gasteiger partial charge >= 0.3 is 0 Å². The second-order valence-electron chi connectivity index (χ2n) is 7.81. The lowest BCUT2D eigenvalue weighted by molar-refractivity contribution is -0.121. The number of rotatable bonds is 7. The third-order valence-electron chi connectivity index (χ3n) is 5.82. The number of nitrogens with one attached hydrogen (secondary N) is 1. The van der Waals surface area contributed by atoms with Crippen molar-refractivity contribution in [3.8, 4) is 6.07 Å². The van der Waals surface area contributed by atoms with Gasteiger partial charge in [-0.05, 0) is 75.1 Å². The molecule has 1 unspecified atom stereocenters. The molecule has 0 radical (unpaired) electrons. The number of aromatic nitrogens is 2. The van der Waals surface area contributed by atoms with Crippen molar-refractivity contribution in [3.63, 3.8) is 0 Å². The molecule has 3 rings (SSSR count). The predicted molar refractivity (Wildman–Crippen MR) is 110 cm³/mol. The van der Waals surface area contributed by atoms with E-state index in [0.29, 0.717) is 25.8 Å². The van der Waals surface area contributed by atoms with Crippen LogP contribution in [0.5, 0.6) is 0 Å². The van der Waals surface area contributed by atoms with E-state index in [1.165, 1.54) is 36.0 Å². The molecule has 1 atom stereocenters. The first kappa shape index (κ1) is 20.1. The molecule has 1 heterocycles. The van der Waals surface area contributed by atoms with Gasteiger partial charge in [-0.1, -0.05) is 18.2 Å². The Morgan fingerprint density at radius 1 is 1.29 bits per heavy atom. The summed E-state index contributed by atoms with van der Waals surface area (Å²) in [6.07, 6.45) is 6.44. The van der Waals surface area contributed by atoms with Crippen LogP contribution in [-0.4, -0.2) is 15.7 Å². The Hall–Kier alpha value is -2.61. The van der Waals surface area contributed by atoms with E-state index in [4.69, 9.17) is 5.26 Å². The van der Waals surface area contributed by atoms with Crippen LogP contribution in [0, 0.1) is 25.2 Å². The summed E-state index contributed by atoms with van der Waals surface area (Å²) in [7, 11) is 0. The first-order valence-electron chi connectivity index (χ1n) is 10.3. The zero-order valence-corrected chi connectivity index (χ0v) is 17.2. The standard InChI is InChI=1S/C23H30N4O/c1-16(20-10-9-19-7-4-5-8-21(19)15-20)25-23(28)12-11-22-17(2)26-27(18(22)3)14-6-13-24/h9-10,15-16H,4-8,11-12,14H2,1-3H3,(H,25,28). The molecule has 0 saturated heterocycles. The highest BCUT2D eigenvalue weighted by Crippen LogP contribution is 2.25. The molecule has 1 amide bonds. The molecule has 28 heavy (non-hydrogen) atoms. The lowest BCUT2D eigenvalue weighted by Gasteiger charge is -2.20. The van der Waals surface area contributed by atoms with Crippen LogP contribution >= 0.6 is 0 Å². The average Bonchev–Trinajstić information content (AvgIpc) is 2.97. The van der Waals surface area contributed by atoms with Gasteiger partial charge in [0.05, 0.1) is 30.8 Å². The van der Waals surface area contributed by atoms with Crippen molar-refractivity contribution in [3.05, 3.63) is 51.8 Å². The van der Waals surface area contributed by atoms with Crippen LogP contribution < -0.4 is 5.32 Å². The summed E-state index contributed by atoms with van der Waals surface area (Å²) in [5, 5.41) is 16.4. The predicted octanol–water partition coefficient (Wildman–Crippen LogP) is 4.10. The molecule has 1 aromatic carbocycles. The van der Waals surface area contributed by atoms with Gasteiger partial charge < -0.3 is 5.32 Å². The monoisotopic (exact) mass is 378 g/mol. The van der Waals surface area contributed by atoms with Crippen molar-refractivity contribution in [1.29, 1.82) is 5.26 Å². The number of benzene rings is 1. The van der Waals surface area contributed by atoms with Gasteiger partial charge in [0, 0.05) is 12.1 Å². The minimum absolute atomic E-state index is 0.0141. The van der Waals surface area contributed by atoms with Crippen LogP contribution in [0.25, 0.3) is 0 Å². The first-order chi connectivity index (χ1) is 13.5. The van der Waals surface area contributed by atoms with Crippen LogP contribution in [-0.2, 0) is 30.6 Å². The van der Waals surface area contributed by atoms with Gasteiger partial charge in [0.25, 0.3) is 0 Å². The number of carbonyl (C=O) groups excluding carboxylic acids is 1. The minimum Gasteiger partial charge on any atom is -0.350 e. The van der Waals surface area contributed by atoms with E-state index >= 15 is 0 Å². The van der Waals surface area contributed by atoms with Crippen LogP contribution in [0.4, 0.5) is 0 Å². The highest BCUT2D eigenvalue weighted by atomic mass is 16.1. The third-order valence-corrected chi connectivity index (χ3v) is 5.82. The summed E-state index contributed by atoms with van der Waals surface area (Å²) in [5.74, 6) is 0.0637. The molecule has 2 aromatic rings. The van der Waals surface area contributed by atoms with Gasteiger partial charge in [-0.25, -0.2) is 0 Å². The Morgan fingerprint density at radius 2 is 2.04 bits per heavy atom. The Kier molecular flexibility index (Phi) is 6.51. The van der Waals surface area contributed by atoms with E-state index in [1.54, 1.807) is 0 Å². The maximum atomic E-state index is 12.5. The molecular weight excluding hydrogens is 348 g/mol. The van der Waals surface area contributed by atoms with Crippen LogP contribution in [0.2, 0.25) is 0 Å². The second kappa shape index (κ2) is 9.05. The highest BCUT2D eigenvalue weighted by Gasteiger charge is 2.16. The molecule has 0 saturated carbocycles. The fraction of sp³-hybridized carbons (Fsp3) is 0.522. The van der Waals surface area contributed by atoms with Crippen LogP contribution in [0.15, 0.2) is 18.2 Å². The SMILES string of the molecule is Cc1nn(CCC#N)c(C)c1CCC(=O)NC(C)c1ccc2c(c1)CCCC2. The Morgan fingerprint density at radius 3 is 2.79 bits per heavy atom. The smallest absolute Gasteiger partial charge is 0.220 e. The molecule has 1 aliphatic carbocycles. The first-order valence-corrected chi connectivity index (χ1v) is 10.3. The Labute approximate surface area is 167 Å². The molecular formula is C23H30N4O. The number of aryl methyl sites for hydroxylation is 4. The number of fused-ring (bicyclic) bond motifs is 1. The van der Waals surface area contributed by atoms with E-state index in [-0.39, 0.29) is 11.9 Å². The summed E-state index contributed by atoms with van der Waals surface area (Å²) >= 11 is 0. The van der Waals surface area contributed by atoms with Gasteiger partial charge in [0.2, 0.25) is 5.91 Å². The van der Waals surface area contributed by atoms with Crippen LogP contribution in [0.1, 0.15) is 72.3 Å². The summed E-state index contributed by atoms with van der Waals surface area (Å²) < 4.78 is 1.88. The molecule has 1 aliphatic rings. The number of amides is 1. The Balaban J connectivity index is 1.57. The number of nitriles is 1. The number of nitrogens with zero attached hydrogens (tertiary/aromatic N) is 3. The maximum Gasteiger partial charge on any atom is 0.220 e. The summed E-state index contributed by atoms with van der Waals surface area (Å²) in [4.78, 5) is 12.5. The zero-order chi connectivity index (χ0) is 20.1. The fourth-order valence-corrected chi connectivity index (χ4v) is 4.13. The van der Waals surface area contributed by atoms with Crippen molar-refractivity contribution in [2.75, 3.05) is 0 Å². The summed E-state index contributed by atoms with van der Waals surface area (Å²) in [6, 6.07) is 8.82. The minimum atomic E-state index is 0.0141. The van der Waals surface area contributed by atoms with Gasteiger partial charge in [0.15, 0.2) is 0 Å². The number of carbonyl (C=O) groups is 1. The van der Waals surface area contributed by atoms with Gasteiger partial charge in [0.1, 0.15) is 0 Å². The molecule has 1 N–H and O–H groups in total. The van der Waals surface area contributed by atoms with E-state index in [0.717, 1.165) is 23.4 Å². The lowest BCUT2D eigenvalue weighted by atomic mass is 9.89. The van der Waals surface area contributed by atoms with E-state index < -0.39 is 0 Å². The summed E-state index contributed by atoms with van der Waals surface area (Å²) in [5.41, 5.74) is 7.23. The average molecular weight is 379 g/mol. The van der Waals surface area contributed by atoms with Crippen molar-refractivity contribution in [2.24, 2.45) is 0 Å². The molecule has 148 valence electrons. The normalized spacial score (nSPS) is 14.2.